The minimum absolute atomic E-state index is 0.0669. The van der Waals surface area contributed by atoms with Gasteiger partial charge in [-0.05, 0) is 71.2 Å². The number of benzene rings is 1. The Bertz CT molecular complexity index is 1760. The van der Waals surface area contributed by atoms with E-state index in [2.05, 4.69) is 31.4 Å². The largest absolute Gasteiger partial charge is 0.464 e. The number of hydrogen-bond acceptors (Lipinski definition) is 11. The van der Waals surface area contributed by atoms with Crippen molar-refractivity contribution in [1.29, 1.82) is 0 Å². The van der Waals surface area contributed by atoms with E-state index in [9.17, 15) is 37.7 Å². The maximum atomic E-state index is 14.8. The zero-order valence-corrected chi connectivity index (χ0v) is 34.5. The average molecular weight is 794 g/mol. The third-order valence-electron chi connectivity index (χ3n) is 10.3. The molecule has 0 aromatic heterocycles. The quantitative estimate of drug-likeness (QED) is 0.125. The lowest BCUT2D eigenvalue weighted by atomic mass is 10.1. The van der Waals surface area contributed by atoms with Gasteiger partial charge in [-0.15, -0.1) is 0 Å². The summed E-state index contributed by atoms with van der Waals surface area (Å²) in [5.74, 6) is -2.43. The average Bonchev–Trinajstić information content (AvgIpc) is 3.58. The fourth-order valence-electron chi connectivity index (χ4n) is 6.44. The van der Waals surface area contributed by atoms with Gasteiger partial charge in [-0.25, -0.2) is 18.0 Å². The number of nitrogens with zero attached hydrogens (tertiary/aromatic N) is 3. The van der Waals surface area contributed by atoms with Crippen LogP contribution in [0.4, 0.5) is 10.5 Å². The van der Waals surface area contributed by atoms with Gasteiger partial charge in [-0.1, -0.05) is 45.1 Å². The van der Waals surface area contributed by atoms with E-state index in [0.29, 0.717) is 6.42 Å². The number of nitro groups is 1. The molecule has 3 aliphatic rings. The third kappa shape index (κ3) is 9.67. The van der Waals surface area contributed by atoms with Crippen molar-refractivity contribution in [2.45, 2.75) is 127 Å². The number of allylic oxidation sites excluding steroid dienone is 1. The Morgan fingerprint density at radius 1 is 1.11 bits per heavy atom. The van der Waals surface area contributed by atoms with Crippen LogP contribution in [0.2, 0.25) is 18.1 Å². The van der Waals surface area contributed by atoms with E-state index in [4.69, 9.17) is 13.9 Å². The maximum absolute atomic E-state index is 14.8. The molecule has 0 spiro atoms. The van der Waals surface area contributed by atoms with Gasteiger partial charge in [0.05, 0.1) is 17.6 Å². The smallest absolute Gasteiger partial charge is 0.408 e. The molecule has 2 fully saturated rings. The minimum atomic E-state index is -4.65. The molecule has 2 heterocycles. The van der Waals surface area contributed by atoms with Crippen LogP contribution in [0.3, 0.4) is 0 Å². The number of sulfonamides is 1. The highest BCUT2D eigenvalue weighted by molar-refractivity contribution is 7.89. The monoisotopic (exact) mass is 793 g/mol. The maximum Gasteiger partial charge on any atom is 0.408 e. The van der Waals surface area contributed by atoms with Gasteiger partial charge in [0, 0.05) is 38.0 Å². The van der Waals surface area contributed by atoms with Crippen molar-refractivity contribution in [3.8, 4) is 0 Å². The number of para-hydroxylation sites is 1. The Morgan fingerprint density at radius 3 is 2.39 bits per heavy atom. The van der Waals surface area contributed by atoms with Gasteiger partial charge >= 0.3 is 12.1 Å². The number of amides is 3. The minimum Gasteiger partial charge on any atom is -0.464 e. The first kappa shape index (κ1) is 42.9. The summed E-state index contributed by atoms with van der Waals surface area (Å²) in [6.07, 6.45) is 2.81. The number of fused-ring (bicyclic) bond motifs is 2. The molecule has 2 N–H and O–H groups in total. The molecule has 3 amide bonds. The van der Waals surface area contributed by atoms with E-state index in [0.717, 1.165) is 16.4 Å². The summed E-state index contributed by atoms with van der Waals surface area (Å²) < 4.78 is 47.1. The fourth-order valence-corrected chi connectivity index (χ4v) is 9.45. The molecular weight excluding hydrogens is 739 g/mol. The van der Waals surface area contributed by atoms with Crippen LogP contribution in [-0.4, -0.2) is 110 Å². The SMILES string of the molecule is CCOC(=O)[C@@]12C[C@@H]1/C=C\CCCN(S(=O)(=O)c1ccccc1[N+](=O)[O-])C[C@H](NC(=O)OC(C)(C)C)C(=O)N1C[C@H](O[Si](C)(C)C(C)(C)C)C[C@H]1C(=O)N2. The summed E-state index contributed by atoms with van der Waals surface area (Å²) in [7, 11) is -7.10. The van der Waals surface area contributed by atoms with Gasteiger partial charge in [0.25, 0.3) is 5.69 Å². The standard InChI is InChI=1S/C36H55N5O11SSi/c1-10-50-32(44)36-21-24(36)16-12-11-15-19-39(53(48,49)29-18-14-13-17-27(29)41(46)47)23-26(37-33(45)51-34(2,3)4)31(43)40-22-25(20-28(40)30(42)38-36)52-54(8,9)35(5,6)7/h12-14,16-18,24-26,28H,10-11,15,19-23H2,1-9H3,(H,37,45)(H,38,42)/b16-12-/t24-,25+,26-,28-,36+/m0/s1. The molecule has 5 atom stereocenters. The molecule has 0 radical (unpaired) electrons. The lowest BCUT2D eigenvalue weighted by Gasteiger charge is -2.38. The molecule has 2 aliphatic heterocycles. The Balaban J connectivity index is 1.84. The van der Waals surface area contributed by atoms with Gasteiger partial charge in [0.1, 0.15) is 23.2 Å². The first-order chi connectivity index (χ1) is 24.9. The lowest BCUT2D eigenvalue weighted by molar-refractivity contribution is -0.387. The molecular formula is C36H55N5O11SSi. The second kappa shape index (κ2) is 16.1. The molecule has 18 heteroatoms. The van der Waals surface area contributed by atoms with E-state index in [-0.39, 0.29) is 44.0 Å². The van der Waals surface area contributed by atoms with Crippen LogP contribution in [0, 0.1) is 16.0 Å². The zero-order chi connectivity index (χ0) is 40.4. The van der Waals surface area contributed by atoms with E-state index >= 15 is 0 Å². The Hall–Kier alpha value is -3.87. The Labute approximate surface area is 318 Å². The number of ether oxygens (including phenoxy) is 2. The molecule has 1 saturated carbocycles. The Kier molecular flexibility index (Phi) is 12.8. The van der Waals surface area contributed by atoms with Crippen LogP contribution < -0.4 is 10.6 Å². The van der Waals surface area contributed by atoms with Crippen LogP contribution >= 0.6 is 0 Å². The number of alkyl carbamates (subject to hydrolysis) is 1. The highest BCUT2D eigenvalue weighted by atomic mass is 32.2. The van der Waals surface area contributed by atoms with Crippen molar-refractivity contribution in [2.75, 3.05) is 26.2 Å². The van der Waals surface area contributed by atoms with E-state index in [1.54, 1.807) is 39.8 Å². The fraction of sp³-hybridized carbons (Fsp3) is 0.667. The summed E-state index contributed by atoms with van der Waals surface area (Å²) in [5, 5.41) is 17.2. The van der Waals surface area contributed by atoms with E-state index < -0.39 is 99.5 Å². The molecule has 16 nitrogen and oxygen atoms in total. The van der Waals surface area contributed by atoms with Crippen LogP contribution in [-0.2, 0) is 38.3 Å². The van der Waals surface area contributed by atoms with Gasteiger partial charge in [0.15, 0.2) is 13.2 Å². The van der Waals surface area contributed by atoms with Crippen molar-refractivity contribution in [3.05, 3.63) is 46.5 Å². The zero-order valence-electron chi connectivity index (χ0n) is 32.7. The molecule has 1 aromatic rings. The van der Waals surface area contributed by atoms with Crippen molar-refractivity contribution in [1.82, 2.24) is 19.8 Å². The number of rotatable bonds is 8. The predicted octanol–water partition coefficient (Wildman–Crippen LogP) is 4.26. The number of esters is 1. The van der Waals surface area contributed by atoms with Crippen molar-refractivity contribution in [3.63, 3.8) is 0 Å². The third-order valence-corrected chi connectivity index (χ3v) is 16.8. The first-order valence-corrected chi connectivity index (χ1v) is 22.7. The summed E-state index contributed by atoms with van der Waals surface area (Å²) >= 11 is 0. The summed E-state index contributed by atoms with van der Waals surface area (Å²) in [6.45, 7) is 16.0. The topological polar surface area (TPSA) is 204 Å². The number of nitrogens with one attached hydrogen (secondary N) is 2. The summed E-state index contributed by atoms with van der Waals surface area (Å²) in [6, 6.07) is 2.13. The molecule has 0 unspecified atom stereocenters. The normalized spacial score (nSPS) is 26.6. The van der Waals surface area contributed by atoms with Gasteiger partial charge in [-0.3, -0.25) is 19.7 Å². The second-order valence-electron chi connectivity index (χ2n) is 16.6. The number of nitro benzene ring substituents is 1. The highest BCUT2D eigenvalue weighted by Gasteiger charge is 2.62. The van der Waals surface area contributed by atoms with E-state index in [1.807, 2.05) is 13.1 Å². The number of carbonyl (C=O) groups is 4. The van der Waals surface area contributed by atoms with Crippen LogP contribution in [0.1, 0.15) is 74.1 Å². The first-order valence-electron chi connectivity index (χ1n) is 18.3. The summed E-state index contributed by atoms with van der Waals surface area (Å²) in [5.41, 5.74) is -3.00. The predicted molar refractivity (Wildman–Crippen MR) is 201 cm³/mol. The molecule has 1 aromatic carbocycles. The van der Waals surface area contributed by atoms with Crippen molar-refractivity contribution >= 4 is 47.9 Å². The lowest BCUT2D eigenvalue weighted by Crippen LogP contribution is -2.59. The number of hydrogen-bond donors (Lipinski definition) is 2. The second-order valence-corrected chi connectivity index (χ2v) is 23.3. The van der Waals surface area contributed by atoms with E-state index in [1.165, 1.54) is 17.0 Å². The van der Waals surface area contributed by atoms with Gasteiger partial charge in [0.2, 0.25) is 21.8 Å². The number of carbonyl (C=O) groups excluding carboxylic acids is 4. The molecule has 4 rings (SSSR count). The van der Waals surface area contributed by atoms with Crippen molar-refractivity contribution < 1.29 is 46.4 Å². The molecule has 0 bridgehead atoms. The van der Waals surface area contributed by atoms with Crippen LogP contribution in [0.5, 0.6) is 0 Å². The van der Waals surface area contributed by atoms with Crippen LogP contribution in [0.15, 0.2) is 41.3 Å². The van der Waals surface area contributed by atoms with Crippen molar-refractivity contribution in [2.24, 2.45) is 5.92 Å². The highest BCUT2D eigenvalue weighted by Crippen LogP contribution is 2.46. The van der Waals surface area contributed by atoms with Gasteiger partial charge in [-0.2, -0.15) is 4.31 Å². The van der Waals surface area contributed by atoms with Crippen LogP contribution in [0.25, 0.3) is 0 Å². The molecule has 1 saturated heterocycles. The molecule has 54 heavy (non-hydrogen) atoms. The molecule has 300 valence electrons. The summed E-state index contributed by atoms with van der Waals surface area (Å²) in [4.78, 5) is 67.6. The molecule has 1 aliphatic carbocycles. The van der Waals surface area contributed by atoms with Gasteiger partial charge < -0.3 is 29.4 Å². The Morgan fingerprint density at radius 2 is 1.78 bits per heavy atom.